The number of benzene rings is 2. The molecule has 1 unspecified atom stereocenters. The number of hydrogen-bond donors (Lipinski definition) is 1. The summed E-state index contributed by atoms with van der Waals surface area (Å²) in [5.74, 6) is 0.497. The average Bonchev–Trinajstić information content (AvgIpc) is 3.13. The average molecular weight is 379 g/mol. The molecule has 1 aromatic heterocycles. The van der Waals surface area contributed by atoms with Crippen LogP contribution in [0.2, 0.25) is 0 Å². The molecular formula is C22H25N3O3. The molecule has 0 aliphatic heterocycles. The van der Waals surface area contributed by atoms with Gasteiger partial charge >= 0.3 is 5.97 Å². The van der Waals surface area contributed by atoms with E-state index in [2.05, 4.69) is 24.3 Å². The summed E-state index contributed by atoms with van der Waals surface area (Å²) in [6, 6.07) is 15.4. The Kier molecular flexibility index (Phi) is 6.11. The lowest BCUT2D eigenvalue weighted by Gasteiger charge is -2.14. The van der Waals surface area contributed by atoms with Crippen molar-refractivity contribution in [1.29, 1.82) is 0 Å². The molecule has 0 aliphatic carbocycles. The van der Waals surface area contributed by atoms with E-state index < -0.39 is 0 Å². The van der Waals surface area contributed by atoms with Gasteiger partial charge in [0.1, 0.15) is 5.75 Å². The van der Waals surface area contributed by atoms with Gasteiger partial charge in [-0.3, -0.25) is 0 Å². The van der Waals surface area contributed by atoms with Crippen LogP contribution in [0.1, 0.15) is 40.1 Å². The molecule has 28 heavy (non-hydrogen) atoms. The maximum atomic E-state index is 11.5. The van der Waals surface area contributed by atoms with Crippen molar-refractivity contribution in [2.24, 2.45) is 0 Å². The van der Waals surface area contributed by atoms with Gasteiger partial charge in [-0.15, -0.1) is 0 Å². The number of nitrogens with zero attached hydrogens (tertiary/aromatic N) is 2. The van der Waals surface area contributed by atoms with Crippen molar-refractivity contribution in [3.63, 3.8) is 0 Å². The van der Waals surface area contributed by atoms with Crippen LogP contribution in [-0.2, 0) is 11.3 Å². The van der Waals surface area contributed by atoms with E-state index in [0.29, 0.717) is 12.1 Å². The lowest BCUT2D eigenvalue weighted by Crippen LogP contribution is -2.18. The molecule has 0 aliphatic rings. The minimum atomic E-state index is -0.325. The third kappa shape index (κ3) is 4.23. The monoisotopic (exact) mass is 379 g/mol. The Morgan fingerprint density at radius 3 is 2.39 bits per heavy atom. The van der Waals surface area contributed by atoms with Crippen molar-refractivity contribution >= 4 is 5.97 Å². The van der Waals surface area contributed by atoms with Gasteiger partial charge in [0.05, 0.1) is 31.7 Å². The molecule has 0 radical (unpaired) electrons. The summed E-state index contributed by atoms with van der Waals surface area (Å²) < 4.78 is 11.9. The van der Waals surface area contributed by atoms with Crippen LogP contribution in [-0.4, -0.2) is 30.0 Å². The number of rotatable bonds is 7. The molecule has 1 atom stereocenters. The largest absolute Gasteiger partial charge is 0.497 e. The molecule has 0 amide bonds. The standard InChI is InChI=1S/C22H25N3O3/c1-15(23-13-17-5-7-18(8-6-17)22(26)28-4)21-14-24-25(16(21)2)19-9-11-20(27-3)12-10-19/h5-12,14-15,23H,13H2,1-4H3. The molecule has 0 fully saturated rings. The number of methoxy groups -OCH3 is 2. The molecule has 1 heterocycles. The molecule has 3 rings (SSSR count). The quantitative estimate of drug-likeness (QED) is 0.632. The zero-order chi connectivity index (χ0) is 20.1. The number of aromatic nitrogens is 2. The minimum Gasteiger partial charge on any atom is -0.497 e. The summed E-state index contributed by atoms with van der Waals surface area (Å²) >= 11 is 0. The summed E-state index contributed by atoms with van der Waals surface area (Å²) in [4.78, 5) is 11.5. The van der Waals surface area contributed by atoms with Crippen LogP contribution in [0.15, 0.2) is 54.7 Å². The van der Waals surface area contributed by atoms with Gasteiger partial charge in [0, 0.05) is 23.8 Å². The van der Waals surface area contributed by atoms with E-state index in [1.165, 1.54) is 7.11 Å². The summed E-state index contributed by atoms with van der Waals surface area (Å²) in [7, 11) is 3.04. The first-order chi connectivity index (χ1) is 13.5. The Hall–Kier alpha value is -3.12. The highest BCUT2D eigenvalue weighted by Gasteiger charge is 2.14. The van der Waals surface area contributed by atoms with E-state index in [0.717, 1.165) is 28.3 Å². The molecular weight excluding hydrogens is 354 g/mol. The first-order valence-corrected chi connectivity index (χ1v) is 9.13. The maximum Gasteiger partial charge on any atom is 0.337 e. The lowest BCUT2D eigenvalue weighted by molar-refractivity contribution is 0.0600. The molecule has 0 spiro atoms. The van der Waals surface area contributed by atoms with Gasteiger partial charge in [-0.1, -0.05) is 12.1 Å². The maximum absolute atomic E-state index is 11.5. The van der Waals surface area contributed by atoms with E-state index >= 15 is 0 Å². The Morgan fingerprint density at radius 1 is 1.11 bits per heavy atom. The Morgan fingerprint density at radius 2 is 1.79 bits per heavy atom. The molecule has 0 saturated carbocycles. The summed E-state index contributed by atoms with van der Waals surface area (Å²) in [6.07, 6.45) is 1.90. The highest BCUT2D eigenvalue weighted by atomic mass is 16.5. The van der Waals surface area contributed by atoms with Crippen LogP contribution >= 0.6 is 0 Å². The molecule has 1 N–H and O–H groups in total. The molecule has 2 aromatic carbocycles. The zero-order valence-electron chi connectivity index (χ0n) is 16.6. The van der Waals surface area contributed by atoms with Crippen LogP contribution in [0, 0.1) is 6.92 Å². The number of esters is 1. The van der Waals surface area contributed by atoms with Gasteiger partial charge < -0.3 is 14.8 Å². The lowest BCUT2D eigenvalue weighted by atomic mass is 10.1. The van der Waals surface area contributed by atoms with Crippen molar-refractivity contribution in [2.45, 2.75) is 26.4 Å². The smallest absolute Gasteiger partial charge is 0.337 e. The van der Waals surface area contributed by atoms with Crippen LogP contribution in [0.4, 0.5) is 0 Å². The van der Waals surface area contributed by atoms with E-state index in [9.17, 15) is 4.79 Å². The molecule has 6 nitrogen and oxygen atoms in total. The fourth-order valence-corrected chi connectivity index (χ4v) is 3.09. The van der Waals surface area contributed by atoms with Crippen molar-refractivity contribution in [2.75, 3.05) is 14.2 Å². The van der Waals surface area contributed by atoms with E-state index in [1.54, 1.807) is 19.2 Å². The second kappa shape index (κ2) is 8.71. The van der Waals surface area contributed by atoms with Crippen LogP contribution < -0.4 is 10.1 Å². The van der Waals surface area contributed by atoms with Gasteiger partial charge in [0.15, 0.2) is 0 Å². The normalized spacial score (nSPS) is 11.9. The third-order valence-electron chi connectivity index (χ3n) is 4.82. The topological polar surface area (TPSA) is 65.4 Å². The van der Waals surface area contributed by atoms with Crippen molar-refractivity contribution < 1.29 is 14.3 Å². The molecule has 0 saturated heterocycles. The Bertz CT molecular complexity index is 931. The van der Waals surface area contributed by atoms with Crippen molar-refractivity contribution in [3.8, 4) is 11.4 Å². The molecule has 0 bridgehead atoms. The molecule has 3 aromatic rings. The van der Waals surface area contributed by atoms with Gasteiger partial charge in [-0.05, 0) is 55.8 Å². The minimum absolute atomic E-state index is 0.132. The van der Waals surface area contributed by atoms with E-state index in [1.807, 2.05) is 47.3 Å². The summed E-state index contributed by atoms with van der Waals surface area (Å²) in [5.41, 5.74) is 4.87. The fourth-order valence-electron chi connectivity index (χ4n) is 3.09. The summed E-state index contributed by atoms with van der Waals surface area (Å²) in [5, 5.41) is 8.05. The number of hydrogen-bond acceptors (Lipinski definition) is 5. The van der Waals surface area contributed by atoms with Crippen LogP contribution in [0.3, 0.4) is 0 Å². The van der Waals surface area contributed by atoms with Crippen LogP contribution in [0.25, 0.3) is 5.69 Å². The predicted octanol–water partition coefficient (Wildman–Crippen LogP) is 3.83. The van der Waals surface area contributed by atoms with Gasteiger partial charge in [-0.25, -0.2) is 9.48 Å². The number of nitrogens with one attached hydrogen (secondary N) is 1. The highest BCUT2D eigenvalue weighted by Crippen LogP contribution is 2.22. The van der Waals surface area contributed by atoms with E-state index in [4.69, 9.17) is 9.47 Å². The van der Waals surface area contributed by atoms with Gasteiger partial charge in [0.2, 0.25) is 0 Å². The highest BCUT2D eigenvalue weighted by molar-refractivity contribution is 5.89. The van der Waals surface area contributed by atoms with Gasteiger partial charge in [-0.2, -0.15) is 5.10 Å². The first kappa shape index (κ1) is 19.6. The molecule has 146 valence electrons. The second-order valence-corrected chi connectivity index (χ2v) is 6.59. The number of ether oxygens (including phenoxy) is 2. The fraction of sp³-hybridized carbons (Fsp3) is 0.273. The predicted molar refractivity (Wildman–Crippen MR) is 108 cm³/mol. The Balaban J connectivity index is 1.67. The third-order valence-corrected chi connectivity index (χ3v) is 4.82. The number of carbonyl (C=O) groups excluding carboxylic acids is 1. The van der Waals surface area contributed by atoms with E-state index in [-0.39, 0.29) is 12.0 Å². The van der Waals surface area contributed by atoms with Crippen molar-refractivity contribution in [1.82, 2.24) is 15.1 Å². The zero-order valence-corrected chi connectivity index (χ0v) is 16.6. The first-order valence-electron chi connectivity index (χ1n) is 9.13. The SMILES string of the molecule is COC(=O)c1ccc(CNC(C)c2cnn(-c3ccc(OC)cc3)c2C)cc1. The van der Waals surface area contributed by atoms with Crippen LogP contribution in [0.5, 0.6) is 5.75 Å². The molecule has 6 heteroatoms. The summed E-state index contributed by atoms with van der Waals surface area (Å²) in [6.45, 7) is 4.87. The number of carbonyl (C=O) groups is 1. The second-order valence-electron chi connectivity index (χ2n) is 6.59. The van der Waals surface area contributed by atoms with Crippen molar-refractivity contribution in [3.05, 3.63) is 77.1 Å². The Labute approximate surface area is 165 Å². The van der Waals surface area contributed by atoms with Gasteiger partial charge in [0.25, 0.3) is 0 Å².